The molecule has 1 N–H and O–H groups in total. The molecule has 0 amide bonds. The number of fused-ring (bicyclic) bond motifs is 1. The average Bonchev–Trinajstić information content (AvgIpc) is 2.44. The Balaban J connectivity index is 1.93. The smallest absolute Gasteiger partial charge is 0.0610 e. The summed E-state index contributed by atoms with van der Waals surface area (Å²) in [7, 11) is 0. The molecule has 1 heterocycles. The molecule has 2 aromatic rings. The van der Waals surface area contributed by atoms with Crippen molar-refractivity contribution in [3.05, 3.63) is 59.2 Å². The van der Waals surface area contributed by atoms with Crippen LogP contribution in [0.3, 0.4) is 0 Å². The molecule has 2 aromatic carbocycles. The second-order valence-electron chi connectivity index (χ2n) is 5.81. The topological polar surface area (TPSA) is 15.3 Å². The molecule has 0 radical (unpaired) electrons. The van der Waals surface area contributed by atoms with Crippen molar-refractivity contribution in [3.8, 4) is 0 Å². The van der Waals surface area contributed by atoms with E-state index in [1.165, 1.54) is 28.1 Å². The number of anilines is 2. The molecule has 1 aliphatic heterocycles. The molecule has 0 aliphatic carbocycles. The number of hydrogen-bond donors (Lipinski definition) is 1. The van der Waals surface area contributed by atoms with Gasteiger partial charge in [-0.3, -0.25) is 0 Å². The Morgan fingerprint density at radius 2 is 1.85 bits per heavy atom. The average molecular weight is 266 g/mol. The van der Waals surface area contributed by atoms with Gasteiger partial charge >= 0.3 is 0 Å². The van der Waals surface area contributed by atoms with Gasteiger partial charge in [0.1, 0.15) is 0 Å². The third-order valence-electron chi connectivity index (χ3n) is 4.14. The van der Waals surface area contributed by atoms with Gasteiger partial charge in [0.15, 0.2) is 0 Å². The van der Waals surface area contributed by atoms with Crippen molar-refractivity contribution in [2.24, 2.45) is 0 Å². The van der Waals surface area contributed by atoms with Gasteiger partial charge in [0.25, 0.3) is 0 Å². The zero-order valence-electron chi connectivity index (χ0n) is 12.5. The highest BCUT2D eigenvalue weighted by Gasteiger charge is 2.23. The van der Waals surface area contributed by atoms with E-state index in [9.17, 15) is 0 Å². The molecule has 1 atom stereocenters. The van der Waals surface area contributed by atoms with E-state index in [4.69, 9.17) is 0 Å². The highest BCUT2D eigenvalue weighted by atomic mass is 15.2. The van der Waals surface area contributed by atoms with Gasteiger partial charge in [-0.1, -0.05) is 42.0 Å². The van der Waals surface area contributed by atoms with Gasteiger partial charge in [0.05, 0.1) is 11.4 Å². The number of para-hydroxylation sites is 1. The van der Waals surface area contributed by atoms with Crippen molar-refractivity contribution in [3.63, 3.8) is 0 Å². The minimum Gasteiger partial charge on any atom is -0.381 e. The lowest BCUT2D eigenvalue weighted by Crippen LogP contribution is -2.41. The zero-order valence-corrected chi connectivity index (χ0v) is 12.5. The number of benzene rings is 2. The van der Waals surface area contributed by atoms with Gasteiger partial charge in [-0.15, -0.1) is 0 Å². The fourth-order valence-corrected chi connectivity index (χ4v) is 2.85. The van der Waals surface area contributed by atoms with Crippen LogP contribution in [0.15, 0.2) is 42.5 Å². The van der Waals surface area contributed by atoms with Gasteiger partial charge in [-0.25, -0.2) is 0 Å². The molecule has 1 aliphatic rings. The number of aryl methyl sites for hydroxylation is 2. The van der Waals surface area contributed by atoms with E-state index >= 15 is 0 Å². The number of hydrogen-bond acceptors (Lipinski definition) is 2. The molecular formula is C18H22N2. The standard InChI is InChI=1S/C18H22N2/c1-13-7-9-16(10-8-13)12-20-15(3)11-19-18-14(2)5-4-6-17(18)20/h4-10,15,19H,11-12H2,1-3H3. The minimum absolute atomic E-state index is 0.505. The lowest BCUT2D eigenvalue weighted by molar-refractivity contribution is 0.640. The largest absolute Gasteiger partial charge is 0.381 e. The maximum Gasteiger partial charge on any atom is 0.0610 e. The number of nitrogens with zero attached hydrogens (tertiary/aromatic N) is 1. The van der Waals surface area contributed by atoms with E-state index in [1.807, 2.05) is 0 Å². The molecular weight excluding hydrogens is 244 g/mol. The van der Waals surface area contributed by atoms with Crippen LogP contribution in [0.4, 0.5) is 11.4 Å². The monoisotopic (exact) mass is 266 g/mol. The summed E-state index contributed by atoms with van der Waals surface area (Å²) in [6.45, 7) is 8.57. The molecule has 3 rings (SSSR count). The van der Waals surface area contributed by atoms with Crippen molar-refractivity contribution >= 4 is 11.4 Å². The van der Waals surface area contributed by atoms with Crippen LogP contribution < -0.4 is 10.2 Å². The molecule has 0 bridgehead atoms. The van der Waals surface area contributed by atoms with E-state index in [0.717, 1.165) is 13.1 Å². The lowest BCUT2D eigenvalue weighted by atomic mass is 10.0. The summed E-state index contributed by atoms with van der Waals surface area (Å²) in [5.74, 6) is 0. The highest BCUT2D eigenvalue weighted by Crippen LogP contribution is 2.34. The third-order valence-corrected chi connectivity index (χ3v) is 4.14. The first-order valence-corrected chi connectivity index (χ1v) is 7.31. The lowest BCUT2D eigenvalue weighted by Gasteiger charge is -2.38. The normalized spacial score (nSPS) is 17.6. The third kappa shape index (κ3) is 2.38. The predicted octanol–water partition coefficient (Wildman–Crippen LogP) is 4.12. The van der Waals surface area contributed by atoms with Crippen molar-refractivity contribution in [1.29, 1.82) is 0 Å². The Bertz CT molecular complexity index is 601. The molecule has 0 spiro atoms. The van der Waals surface area contributed by atoms with Crippen LogP contribution in [0.1, 0.15) is 23.6 Å². The fraction of sp³-hybridized carbons (Fsp3) is 0.333. The van der Waals surface area contributed by atoms with Crippen LogP contribution in [-0.2, 0) is 6.54 Å². The Morgan fingerprint density at radius 1 is 1.10 bits per heavy atom. The molecule has 0 aromatic heterocycles. The zero-order chi connectivity index (χ0) is 14.1. The van der Waals surface area contributed by atoms with E-state index in [-0.39, 0.29) is 0 Å². The summed E-state index contributed by atoms with van der Waals surface area (Å²) in [5.41, 5.74) is 6.63. The van der Waals surface area contributed by atoms with Crippen molar-refractivity contribution in [1.82, 2.24) is 0 Å². The van der Waals surface area contributed by atoms with E-state index in [0.29, 0.717) is 6.04 Å². The molecule has 2 heteroatoms. The van der Waals surface area contributed by atoms with Crippen LogP contribution in [0.5, 0.6) is 0 Å². The molecule has 2 nitrogen and oxygen atoms in total. The highest BCUT2D eigenvalue weighted by molar-refractivity contribution is 5.75. The fourth-order valence-electron chi connectivity index (χ4n) is 2.85. The summed E-state index contributed by atoms with van der Waals surface area (Å²) in [6.07, 6.45) is 0. The number of rotatable bonds is 2. The summed E-state index contributed by atoms with van der Waals surface area (Å²) in [6, 6.07) is 15.9. The molecule has 20 heavy (non-hydrogen) atoms. The molecule has 1 unspecified atom stereocenters. The number of nitrogens with one attached hydrogen (secondary N) is 1. The van der Waals surface area contributed by atoms with E-state index in [1.54, 1.807) is 0 Å². The van der Waals surface area contributed by atoms with Crippen molar-refractivity contribution in [2.45, 2.75) is 33.4 Å². The van der Waals surface area contributed by atoms with Gasteiger partial charge in [0.2, 0.25) is 0 Å². The summed E-state index contributed by atoms with van der Waals surface area (Å²) >= 11 is 0. The summed E-state index contributed by atoms with van der Waals surface area (Å²) < 4.78 is 0. The van der Waals surface area contributed by atoms with Gasteiger partial charge in [-0.2, -0.15) is 0 Å². The quantitative estimate of drug-likeness (QED) is 0.879. The van der Waals surface area contributed by atoms with E-state index in [2.05, 4.69) is 73.5 Å². The first-order chi connectivity index (χ1) is 9.65. The molecule has 0 saturated heterocycles. The Morgan fingerprint density at radius 3 is 2.60 bits per heavy atom. The van der Waals surface area contributed by atoms with E-state index < -0.39 is 0 Å². The Kier molecular flexibility index (Phi) is 3.39. The summed E-state index contributed by atoms with van der Waals surface area (Å²) in [5, 5.41) is 3.56. The van der Waals surface area contributed by atoms with Crippen LogP contribution >= 0.6 is 0 Å². The molecule has 0 saturated carbocycles. The van der Waals surface area contributed by atoms with Crippen LogP contribution in [0, 0.1) is 13.8 Å². The maximum atomic E-state index is 3.56. The van der Waals surface area contributed by atoms with Gasteiger partial charge in [0, 0.05) is 19.1 Å². The predicted molar refractivity (Wildman–Crippen MR) is 86.5 cm³/mol. The molecule has 104 valence electrons. The van der Waals surface area contributed by atoms with Crippen LogP contribution in [0.2, 0.25) is 0 Å². The first kappa shape index (κ1) is 13.0. The van der Waals surface area contributed by atoms with Gasteiger partial charge < -0.3 is 10.2 Å². The Hall–Kier alpha value is -1.96. The second-order valence-corrected chi connectivity index (χ2v) is 5.81. The minimum atomic E-state index is 0.505. The first-order valence-electron chi connectivity index (χ1n) is 7.31. The van der Waals surface area contributed by atoms with Crippen LogP contribution in [-0.4, -0.2) is 12.6 Å². The SMILES string of the molecule is Cc1ccc(CN2c3cccc(C)c3NCC2C)cc1. The second kappa shape index (κ2) is 5.20. The van der Waals surface area contributed by atoms with Crippen molar-refractivity contribution in [2.75, 3.05) is 16.8 Å². The van der Waals surface area contributed by atoms with Crippen molar-refractivity contribution < 1.29 is 0 Å². The maximum absolute atomic E-state index is 3.56. The molecule has 0 fully saturated rings. The van der Waals surface area contributed by atoms with Crippen LogP contribution in [0.25, 0.3) is 0 Å². The summed E-state index contributed by atoms with van der Waals surface area (Å²) in [4.78, 5) is 2.50. The Labute approximate surface area is 121 Å². The van der Waals surface area contributed by atoms with Gasteiger partial charge in [-0.05, 0) is 38.0 Å².